The van der Waals surface area contributed by atoms with Crippen LogP contribution in [-0.2, 0) is 0 Å². The van der Waals surface area contributed by atoms with Gasteiger partial charge in [0.25, 0.3) is 0 Å². The highest BCUT2D eigenvalue weighted by atomic mass is 16.3. The fourth-order valence-corrected chi connectivity index (χ4v) is 6.77. The Kier molecular flexibility index (Phi) is 5.81. The van der Waals surface area contributed by atoms with Crippen molar-refractivity contribution < 1.29 is 8.83 Å². The van der Waals surface area contributed by atoms with E-state index < -0.39 is 0 Å². The average Bonchev–Trinajstić information content (AvgIpc) is 3.71. The fraction of sp³-hybridized carbons (Fsp3) is 0. The lowest BCUT2D eigenvalue weighted by Crippen LogP contribution is -2.00. The molecule has 5 heteroatoms. The number of fused-ring (bicyclic) bond motifs is 7. The minimum Gasteiger partial charge on any atom is -0.456 e. The van der Waals surface area contributed by atoms with Crippen LogP contribution in [0, 0.1) is 0 Å². The molecule has 224 valence electrons. The highest BCUT2D eigenvalue weighted by molar-refractivity contribution is 6.13. The number of nitrogens with zero attached hydrogens (tertiary/aromatic N) is 3. The lowest BCUT2D eigenvalue weighted by atomic mass is 10.0. The van der Waals surface area contributed by atoms with Crippen LogP contribution in [0.4, 0.5) is 0 Å². The molecule has 0 fully saturated rings. The van der Waals surface area contributed by atoms with E-state index in [9.17, 15) is 0 Å². The van der Waals surface area contributed by atoms with Gasteiger partial charge in [-0.3, -0.25) is 0 Å². The fourth-order valence-electron chi connectivity index (χ4n) is 6.77. The van der Waals surface area contributed by atoms with E-state index in [-0.39, 0.29) is 0 Å². The Balaban J connectivity index is 1.16. The molecule has 0 radical (unpaired) electrons. The van der Waals surface area contributed by atoms with Crippen molar-refractivity contribution in [2.75, 3.05) is 0 Å². The molecule has 10 aromatic rings. The molecule has 5 nitrogen and oxygen atoms in total. The molecule has 0 saturated carbocycles. The molecule has 0 aliphatic rings. The Hall–Kier alpha value is -6.59. The van der Waals surface area contributed by atoms with Crippen molar-refractivity contribution in [2.24, 2.45) is 0 Å². The Bertz CT molecular complexity index is 2840. The van der Waals surface area contributed by atoms with Gasteiger partial charge in [0.2, 0.25) is 0 Å². The zero-order valence-corrected chi connectivity index (χ0v) is 25.6. The van der Waals surface area contributed by atoms with Gasteiger partial charge in [-0.1, -0.05) is 109 Å². The molecule has 0 unspecified atom stereocenters. The minimum atomic E-state index is 0.590. The van der Waals surface area contributed by atoms with E-state index >= 15 is 0 Å². The van der Waals surface area contributed by atoms with Crippen molar-refractivity contribution in [3.63, 3.8) is 0 Å². The van der Waals surface area contributed by atoms with Crippen molar-refractivity contribution >= 4 is 54.6 Å². The normalized spacial score (nSPS) is 11.8. The van der Waals surface area contributed by atoms with Crippen LogP contribution in [-0.4, -0.2) is 15.0 Å². The summed E-state index contributed by atoms with van der Waals surface area (Å²) in [6, 6.07) is 51.7. The predicted molar refractivity (Wildman–Crippen MR) is 194 cm³/mol. The van der Waals surface area contributed by atoms with Gasteiger partial charge in [-0.25, -0.2) is 15.0 Å². The van der Waals surface area contributed by atoms with Crippen molar-refractivity contribution in [2.45, 2.75) is 0 Å². The SMILES string of the molecule is c1ccc(-c2ccc3c(c2)oc2cccc(-c4nc(-c5ccccc5)nc(-c5ccc6cc7c(cc6c5)oc5ccccc57)n4)c23)cc1. The first-order valence-electron chi connectivity index (χ1n) is 15.9. The molecular weight excluding hydrogens is 590 g/mol. The maximum Gasteiger partial charge on any atom is 0.164 e. The van der Waals surface area contributed by atoms with Gasteiger partial charge < -0.3 is 8.83 Å². The summed E-state index contributed by atoms with van der Waals surface area (Å²) < 4.78 is 12.6. The Morgan fingerprint density at radius 3 is 1.85 bits per heavy atom. The second-order valence-electron chi connectivity index (χ2n) is 12.0. The summed E-state index contributed by atoms with van der Waals surface area (Å²) in [5, 5.41) is 6.40. The highest BCUT2D eigenvalue weighted by Crippen LogP contribution is 2.39. The highest BCUT2D eigenvalue weighted by Gasteiger charge is 2.19. The summed E-state index contributed by atoms with van der Waals surface area (Å²) in [5.41, 5.74) is 8.31. The van der Waals surface area contributed by atoms with Crippen LogP contribution in [0.5, 0.6) is 0 Å². The van der Waals surface area contributed by atoms with E-state index in [1.807, 2.05) is 78.9 Å². The Morgan fingerprint density at radius 2 is 1.00 bits per heavy atom. The van der Waals surface area contributed by atoms with Gasteiger partial charge in [0.1, 0.15) is 22.3 Å². The van der Waals surface area contributed by atoms with Crippen LogP contribution in [0.1, 0.15) is 0 Å². The first kappa shape index (κ1) is 26.6. The van der Waals surface area contributed by atoms with Gasteiger partial charge in [0.15, 0.2) is 17.5 Å². The molecule has 0 bridgehead atoms. The smallest absolute Gasteiger partial charge is 0.164 e. The third-order valence-electron chi connectivity index (χ3n) is 9.11. The molecule has 0 aliphatic heterocycles. The van der Waals surface area contributed by atoms with Gasteiger partial charge in [-0.05, 0) is 64.4 Å². The van der Waals surface area contributed by atoms with E-state index in [4.69, 9.17) is 23.8 Å². The summed E-state index contributed by atoms with van der Waals surface area (Å²) in [4.78, 5) is 15.2. The van der Waals surface area contributed by atoms with E-state index in [2.05, 4.69) is 72.8 Å². The molecule has 0 amide bonds. The van der Waals surface area contributed by atoms with E-state index in [1.54, 1.807) is 0 Å². The molecular formula is C43H25N3O2. The first-order valence-corrected chi connectivity index (χ1v) is 15.9. The summed E-state index contributed by atoms with van der Waals surface area (Å²) >= 11 is 0. The summed E-state index contributed by atoms with van der Waals surface area (Å²) in [6.45, 7) is 0. The molecule has 48 heavy (non-hydrogen) atoms. The zero-order valence-electron chi connectivity index (χ0n) is 25.6. The van der Waals surface area contributed by atoms with Gasteiger partial charge in [-0.15, -0.1) is 0 Å². The standard InChI is InChI=1S/C43H25N3O2/c1-3-10-26(11-4-1)29-20-21-33-38(24-29)48-37-17-9-15-34(40(33)37)43-45-41(27-12-5-2-6-13-27)44-42(46-43)30-19-18-28-23-35-32-14-7-8-16-36(32)47-39(35)25-31(28)22-30/h1-25H. The molecule has 3 heterocycles. The quantitative estimate of drug-likeness (QED) is 0.197. The van der Waals surface area contributed by atoms with Crippen molar-refractivity contribution in [3.8, 4) is 45.3 Å². The summed E-state index contributed by atoms with van der Waals surface area (Å²) in [5.74, 6) is 1.80. The van der Waals surface area contributed by atoms with Crippen molar-refractivity contribution in [1.29, 1.82) is 0 Å². The monoisotopic (exact) mass is 615 g/mol. The number of benzene rings is 7. The summed E-state index contributed by atoms with van der Waals surface area (Å²) in [7, 11) is 0. The maximum atomic E-state index is 6.43. The number of para-hydroxylation sites is 1. The topological polar surface area (TPSA) is 65.0 Å². The van der Waals surface area contributed by atoms with Crippen LogP contribution in [0.25, 0.3) is 99.9 Å². The van der Waals surface area contributed by atoms with Gasteiger partial charge in [-0.2, -0.15) is 0 Å². The van der Waals surface area contributed by atoms with E-state index in [1.165, 1.54) is 0 Å². The van der Waals surface area contributed by atoms with Crippen LogP contribution >= 0.6 is 0 Å². The molecule has 3 aromatic heterocycles. The molecule has 0 aliphatic carbocycles. The minimum absolute atomic E-state index is 0.590. The first-order chi connectivity index (χ1) is 23.7. The zero-order chi connectivity index (χ0) is 31.6. The predicted octanol–water partition coefficient (Wildman–Crippen LogP) is 11.5. The van der Waals surface area contributed by atoms with Gasteiger partial charge in [0.05, 0.1) is 0 Å². The maximum absolute atomic E-state index is 6.43. The second kappa shape index (κ2) is 10.5. The van der Waals surface area contributed by atoms with Crippen LogP contribution in [0.3, 0.4) is 0 Å². The molecule has 10 rings (SSSR count). The molecule has 7 aromatic carbocycles. The number of rotatable bonds is 4. The molecule has 0 atom stereocenters. The lowest BCUT2D eigenvalue weighted by molar-refractivity contribution is 0.669. The number of aromatic nitrogens is 3. The van der Waals surface area contributed by atoms with Crippen molar-refractivity contribution in [1.82, 2.24) is 15.0 Å². The number of hydrogen-bond acceptors (Lipinski definition) is 5. The van der Waals surface area contributed by atoms with Crippen LogP contribution < -0.4 is 0 Å². The Labute approximate surface area is 274 Å². The molecule has 0 saturated heterocycles. The Morgan fingerprint density at radius 1 is 0.333 bits per heavy atom. The third-order valence-corrected chi connectivity index (χ3v) is 9.11. The van der Waals surface area contributed by atoms with Crippen molar-refractivity contribution in [3.05, 3.63) is 152 Å². The molecule has 0 spiro atoms. The summed E-state index contributed by atoms with van der Waals surface area (Å²) in [6.07, 6.45) is 0. The second-order valence-corrected chi connectivity index (χ2v) is 12.0. The number of hydrogen-bond donors (Lipinski definition) is 0. The lowest BCUT2D eigenvalue weighted by Gasteiger charge is -2.10. The average molecular weight is 616 g/mol. The van der Waals surface area contributed by atoms with Gasteiger partial charge >= 0.3 is 0 Å². The van der Waals surface area contributed by atoms with E-state index in [0.717, 1.165) is 82.5 Å². The van der Waals surface area contributed by atoms with E-state index in [0.29, 0.717) is 17.5 Å². The van der Waals surface area contributed by atoms with Crippen LogP contribution in [0.2, 0.25) is 0 Å². The van der Waals surface area contributed by atoms with Crippen LogP contribution in [0.15, 0.2) is 160 Å². The number of furan rings is 2. The largest absolute Gasteiger partial charge is 0.456 e. The van der Waals surface area contributed by atoms with Gasteiger partial charge in [0, 0.05) is 38.2 Å². The third kappa shape index (κ3) is 4.29. The molecule has 0 N–H and O–H groups in total.